The maximum atomic E-state index is 9.16. The van der Waals surface area contributed by atoms with E-state index >= 15 is 0 Å². The van der Waals surface area contributed by atoms with Crippen LogP contribution in [-0.4, -0.2) is 87.8 Å². The van der Waals surface area contributed by atoms with Gasteiger partial charge in [-0.05, 0) is 6.92 Å². The Morgan fingerprint density at radius 2 is 1.14 bits per heavy atom. The summed E-state index contributed by atoms with van der Waals surface area (Å²) in [6.07, 6.45) is -1.15. The molecule has 0 fully saturated rings. The van der Waals surface area contributed by atoms with Crippen LogP contribution in [0.3, 0.4) is 0 Å². The van der Waals surface area contributed by atoms with Crippen molar-refractivity contribution in [3.05, 3.63) is 6.92 Å². The third-order valence-electron chi connectivity index (χ3n) is 2.13. The maximum absolute atomic E-state index is 9.16. The normalized spacial score (nSPS) is 13.6. The van der Waals surface area contributed by atoms with E-state index in [0.29, 0.717) is 19.8 Å². The molecule has 0 aromatic carbocycles. The molecule has 0 saturated heterocycles. The average Bonchev–Trinajstić information content (AvgIpc) is 2.46. The Hall–Kier alpha value is -0.103. The largest absolute Gasteiger partial charge is 0.680 e. The molecule has 0 saturated carbocycles. The summed E-state index contributed by atoms with van der Waals surface area (Å²) in [5, 5.41) is 9.16. The first-order valence-electron chi connectivity index (χ1n) is 6.56. The summed E-state index contributed by atoms with van der Waals surface area (Å²) in [5.74, 6) is 0. The predicted molar refractivity (Wildman–Crippen MR) is 75.5 cm³/mol. The highest BCUT2D eigenvalue weighted by molar-refractivity contribution is 6.53. The van der Waals surface area contributed by atoms with Crippen molar-refractivity contribution in [3.63, 3.8) is 0 Å². The van der Waals surface area contributed by atoms with Gasteiger partial charge < -0.3 is 37.0 Å². The van der Waals surface area contributed by atoms with Gasteiger partial charge in [0.1, 0.15) is 0 Å². The Balaban J connectivity index is 4.60. The van der Waals surface area contributed by atoms with Gasteiger partial charge in [0.25, 0.3) is 0 Å². The lowest BCUT2D eigenvalue weighted by atomic mass is 10.5. The molecule has 21 heavy (non-hydrogen) atoms. The van der Waals surface area contributed by atoms with E-state index < -0.39 is 15.2 Å². The van der Waals surface area contributed by atoms with Gasteiger partial charge in [0.05, 0.1) is 52.4 Å². The molecule has 0 aliphatic rings. The topological polar surface area (TPSA) is 84.8 Å². The first-order valence-corrected chi connectivity index (χ1v) is 8.19. The molecule has 0 aliphatic heterocycles. The molecule has 0 heterocycles. The van der Waals surface area contributed by atoms with Crippen LogP contribution >= 0.6 is 0 Å². The summed E-state index contributed by atoms with van der Waals surface area (Å²) < 4.78 is 37.0. The summed E-state index contributed by atoms with van der Waals surface area (Å²) in [4.78, 5) is 0. The zero-order valence-electron chi connectivity index (χ0n) is 12.9. The Bertz CT molecular complexity index is 203. The molecular formula is C12H26O8Si. The highest BCUT2D eigenvalue weighted by atomic mass is 28.4. The lowest BCUT2D eigenvalue weighted by Crippen LogP contribution is -2.52. The van der Waals surface area contributed by atoms with Gasteiger partial charge in [0.2, 0.25) is 0 Å². The van der Waals surface area contributed by atoms with Crippen LogP contribution in [0.25, 0.3) is 0 Å². The smallest absolute Gasteiger partial charge is 0.390 e. The molecule has 0 aromatic heterocycles. The van der Waals surface area contributed by atoms with Crippen LogP contribution in [0.1, 0.15) is 0 Å². The highest BCUT2D eigenvalue weighted by Crippen LogP contribution is 2.13. The minimum Gasteiger partial charge on any atom is -0.390 e. The van der Waals surface area contributed by atoms with Crippen LogP contribution < -0.4 is 0 Å². The van der Waals surface area contributed by atoms with E-state index in [9.17, 15) is 0 Å². The van der Waals surface area contributed by atoms with Crippen LogP contribution in [0, 0.1) is 6.92 Å². The predicted octanol–water partition coefficient (Wildman–Crippen LogP) is -0.500. The molecule has 0 bridgehead atoms. The summed E-state index contributed by atoms with van der Waals surface area (Å²) in [6.45, 7) is 6.84. The van der Waals surface area contributed by atoms with Gasteiger partial charge in [0.15, 0.2) is 0 Å². The molecule has 8 nitrogen and oxygen atoms in total. The lowest BCUT2D eigenvalue weighted by molar-refractivity contribution is -0.0649. The standard InChI is InChI=1S/C12H26O8Si/c1-12(13)11-20-21(17-8-5-14-2,18-9-6-15-3)19-10-7-16-4/h1,12-13H,5-11H2,2-4H3. The summed E-state index contributed by atoms with van der Waals surface area (Å²) in [6, 6.07) is 0. The number of ether oxygens (including phenoxy) is 3. The van der Waals surface area contributed by atoms with E-state index in [1.807, 2.05) is 0 Å². The number of rotatable bonds is 15. The van der Waals surface area contributed by atoms with Crippen molar-refractivity contribution in [2.24, 2.45) is 0 Å². The third kappa shape index (κ3) is 11.2. The molecule has 1 atom stereocenters. The van der Waals surface area contributed by atoms with Crippen molar-refractivity contribution in [1.29, 1.82) is 0 Å². The maximum Gasteiger partial charge on any atom is 0.680 e. The van der Waals surface area contributed by atoms with Crippen molar-refractivity contribution in [2.75, 3.05) is 67.6 Å². The minimum absolute atomic E-state index is 0.167. The highest BCUT2D eigenvalue weighted by Gasteiger charge is 2.46. The molecule has 0 spiro atoms. The molecule has 0 amide bonds. The van der Waals surface area contributed by atoms with E-state index in [1.165, 1.54) is 0 Å². The Morgan fingerprint density at radius 1 is 0.762 bits per heavy atom. The Kier molecular flexibility index (Phi) is 13.5. The van der Waals surface area contributed by atoms with Crippen molar-refractivity contribution in [3.8, 4) is 0 Å². The van der Waals surface area contributed by atoms with E-state index in [1.54, 1.807) is 21.3 Å². The second-order valence-electron chi connectivity index (χ2n) is 3.90. The van der Waals surface area contributed by atoms with Crippen LogP contribution in [-0.2, 0) is 31.9 Å². The molecule has 9 heteroatoms. The summed E-state index contributed by atoms with van der Waals surface area (Å²) >= 11 is 0. The van der Waals surface area contributed by atoms with Gasteiger partial charge in [0, 0.05) is 21.3 Å². The van der Waals surface area contributed by atoms with Gasteiger partial charge >= 0.3 is 9.05 Å². The Labute approximate surface area is 127 Å². The molecule has 2 radical (unpaired) electrons. The molecule has 1 N–H and O–H groups in total. The second kappa shape index (κ2) is 13.6. The quantitative estimate of drug-likeness (QED) is 0.318. The molecule has 0 aromatic rings. The number of methoxy groups -OCH3 is 3. The van der Waals surface area contributed by atoms with Gasteiger partial charge in [-0.25, -0.2) is 0 Å². The van der Waals surface area contributed by atoms with Crippen molar-refractivity contribution >= 4 is 9.05 Å². The fourth-order valence-electron chi connectivity index (χ4n) is 1.19. The first kappa shape index (κ1) is 20.9. The zero-order valence-corrected chi connectivity index (χ0v) is 13.9. The molecule has 0 aliphatic carbocycles. The molecule has 126 valence electrons. The number of hydrogen-bond acceptors (Lipinski definition) is 8. The SMILES string of the molecule is [CH]C(O)CO[Si](OCCOC)(OCCOC)OCCOC. The fourth-order valence-corrected chi connectivity index (χ4v) is 3.06. The molecule has 1 unspecified atom stereocenters. The second-order valence-corrected chi connectivity index (χ2v) is 6.06. The molecule has 0 rings (SSSR count). The van der Waals surface area contributed by atoms with Crippen LogP contribution in [0.4, 0.5) is 0 Å². The number of aliphatic hydroxyl groups is 1. The monoisotopic (exact) mass is 326 g/mol. The van der Waals surface area contributed by atoms with E-state index in [0.717, 1.165) is 0 Å². The van der Waals surface area contributed by atoms with E-state index in [2.05, 4.69) is 0 Å². The fraction of sp³-hybridized carbons (Fsp3) is 0.917. The van der Waals surface area contributed by atoms with Crippen molar-refractivity contribution in [2.45, 2.75) is 6.10 Å². The number of aliphatic hydroxyl groups excluding tert-OH is 1. The number of hydrogen-bond donors (Lipinski definition) is 1. The third-order valence-corrected chi connectivity index (χ3v) is 4.32. The van der Waals surface area contributed by atoms with Gasteiger partial charge in [-0.3, -0.25) is 0 Å². The minimum atomic E-state index is -3.45. The van der Waals surface area contributed by atoms with Crippen LogP contribution in [0.2, 0.25) is 0 Å². The summed E-state index contributed by atoms with van der Waals surface area (Å²) in [7, 11) is 1.20. The first-order chi connectivity index (χ1) is 10.1. The van der Waals surface area contributed by atoms with Crippen molar-refractivity contribution in [1.82, 2.24) is 0 Å². The van der Waals surface area contributed by atoms with Crippen LogP contribution in [0.5, 0.6) is 0 Å². The molecular weight excluding hydrogens is 300 g/mol. The van der Waals surface area contributed by atoms with Crippen LogP contribution in [0.15, 0.2) is 0 Å². The zero-order chi connectivity index (χ0) is 16.0. The Morgan fingerprint density at radius 3 is 1.43 bits per heavy atom. The summed E-state index contributed by atoms with van der Waals surface area (Å²) in [5.41, 5.74) is 0. The van der Waals surface area contributed by atoms with Gasteiger partial charge in [-0.1, -0.05) is 0 Å². The lowest BCUT2D eigenvalue weighted by Gasteiger charge is -2.28. The van der Waals surface area contributed by atoms with E-state index in [-0.39, 0.29) is 26.4 Å². The van der Waals surface area contributed by atoms with E-state index in [4.69, 9.17) is 43.9 Å². The van der Waals surface area contributed by atoms with Crippen molar-refractivity contribution < 1.29 is 37.0 Å². The van der Waals surface area contributed by atoms with Gasteiger partial charge in [-0.2, -0.15) is 0 Å². The van der Waals surface area contributed by atoms with Gasteiger partial charge in [-0.15, -0.1) is 0 Å². The average molecular weight is 326 g/mol.